The predicted molar refractivity (Wildman–Crippen MR) is 166 cm³/mol. The highest BCUT2D eigenvalue weighted by atomic mass is 16.4. The van der Waals surface area contributed by atoms with Crippen LogP contribution in [0.15, 0.2) is 60.7 Å². The van der Waals surface area contributed by atoms with Crippen molar-refractivity contribution in [3.05, 3.63) is 71.8 Å². The average molecular weight is 597 g/mol. The van der Waals surface area contributed by atoms with Gasteiger partial charge in [0.1, 0.15) is 11.6 Å². The minimum atomic E-state index is -0.833. The number of benzene rings is 2. The maximum absolute atomic E-state index is 13.5. The highest BCUT2D eigenvalue weighted by molar-refractivity contribution is 6.00. The van der Waals surface area contributed by atoms with Crippen LogP contribution >= 0.6 is 0 Å². The fraction of sp³-hybridized carbons (Fsp3) is 0.515. The van der Waals surface area contributed by atoms with Crippen molar-refractivity contribution >= 4 is 24.3 Å². The van der Waals surface area contributed by atoms with Crippen molar-refractivity contribution < 1.29 is 29.4 Å². The van der Waals surface area contributed by atoms with Gasteiger partial charge in [0.2, 0.25) is 11.8 Å². The standard InChI is InChI=1S/C29H38N4O2.C2H4O2.CH2O2.CH4/c1-23-27(34)33(26-13-18-32(19-14-26)22-25-10-6-3-7-11-25)29(28(35)30-23)15-20-31(21-16-29)17-12-24-8-4-2-5-9-24;1-2(3)4;2-1-3;/h2-11,23,26H,12-22H2,1H3,(H,30,35);1H3,(H,3,4);1H,(H,2,3);1H4/t23-;;;/m0.../s1. The summed E-state index contributed by atoms with van der Waals surface area (Å²) in [5.74, 6) is -0.678. The number of amides is 2. The third kappa shape index (κ3) is 9.90. The molecule has 10 nitrogen and oxygen atoms in total. The lowest BCUT2D eigenvalue weighted by Gasteiger charge is -2.55. The summed E-state index contributed by atoms with van der Waals surface area (Å²) in [6.07, 6.45) is 4.31. The molecule has 2 amide bonds. The van der Waals surface area contributed by atoms with E-state index in [2.05, 4.69) is 75.8 Å². The Morgan fingerprint density at radius 2 is 1.42 bits per heavy atom. The first-order valence-electron chi connectivity index (χ1n) is 14.6. The second kappa shape index (κ2) is 17.4. The summed E-state index contributed by atoms with van der Waals surface area (Å²) in [5.41, 5.74) is 1.97. The van der Waals surface area contributed by atoms with Crippen LogP contribution in [0.3, 0.4) is 0 Å². The van der Waals surface area contributed by atoms with Crippen LogP contribution in [0, 0.1) is 0 Å². The zero-order chi connectivity index (χ0) is 30.5. The molecule has 2 aromatic carbocycles. The first kappa shape index (κ1) is 35.4. The predicted octanol–water partition coefficient (Wildman–Crippen LogP) is 3.50. The van der Waals surface area contributed by atoms with Gasteiger partial charge in [-0.1, -0.05) is 68.1 Å². The fourth-order valence-corrected chi connectivity index (χ4v) is 6.17. The van der Waals surface area contributed by atoms with E-state index in [0.29, 0.717) is 0 Å². The first-order valence-corrected chi connectivity index (χ1v) is 14.6. The number of nitrogens with zero attached hydrogens (tertiary/aromatic N) is 3. The van der Waals surface area contributed by atoms with Crippen molar-refractivity contribution in [2.45, 2.75) is 77.5 Å². The van der Waals surface area contributed by atoms with E-state index in [-0.39, 0.29) is 31.8 Å². The highest BCUT2D eigenvalue weighted by Gasteiger charge is 2.55. The molecule has 3 heterocycles. The largest absolute Gasteiger partial charge is 0.483 e. The average Bonchev–Trinajstić information content (AvgIpc) is 2.98. The molecule has 3 aliphatic rings. The molecular formula is C33H48N4O6. The van der Waals surface area contributed by atoms with Gasteiger partial charge in [0.05, 0.1) is 0 Å². The number of carboxylic acid groups (broad SMARTS) is 2. The molecule has 0 radical (unpaired) electrons. The molecule has 0 unspecified atom stereocenters. The van der Waals surface area contributed by atoms with Crippen molar-refractivity contribution in [1.82, 2.24) is 20.0 Å². The molecule has 3 saturated heterocycles. The van der Waals surface area contributed by atoms with Gasteiger partial charge in [0.15, 0.2) is 0 Å². The Bertz CT molecular complexity index is 1140. The second-order valence-electron chi connectivity index (χ2n) is 11.1. The number of piperazine rings is 1. The maximum Gasteiger partial charge on any atom is 0.300 e. The minimum Gasteiger partial charge on any atom is -0.483 e. The number of carbonyl (C=O) groups excluding carboxylic acids is 2. The van der Waals surface area contributed by atoms with E-state index in [1.165, 1.54) is 11.1 Å². The van der Waals surface area contributed by atoms with Gasteiger partial charge in [0.25, 0.3) is 12.4 Å². The van der Waals surface area contributed by atoms with Crippen LogP contribution in [0.4, 0.5) is 0 Å². The SMILES string of the molecule is C.CC(=O)O.C[C@@H]1NC(=O)C2(CCN(CCc3ccccc3)CC2)N(C2CCN(Cc3ccccc3)CC2)C1=O.O=CO. The molecule has 2 aromatic rings. The quantitative estimate of drug-likeness (QED) is 0.432. The second-order valence-corrected chi connectivity index (χ2v) is 11.1. The Morgan fingerprint density at radius 3 is 1.93 bits per heavy atom. The lowest BCUT2D eigenvalue weighted by atomic mass is 9.79. The normalized spacial score (nSPS) is 20.4. The summed E-state index contributed by atoms with van der Waals surface area (Å²) in [6.45, 7) is 8.22. The molecular weight excluding hydrogens is 548 g/mol. The summed E-state index contributed by atoms with van der Waals surface area (Å²) in [6, 6.07) is 20.8. The van der Waals surface area contributed by atoms with Crippen LogP contribution in [-0.4, -0.2) is 99.5 Å². The summed E-state index contributed by atoms with van der Waals surface area (Å²) in [5, 5.41) is 17.3. The van der Waals surface area contributed by atoms with E-state index in [4.69, 9.17) is 19.8 Å². The lowest BCUT2D eigenvalue weighted by molar-refractivity contribution is -0.166. The molecule has 3 fully saturated rings. The zero-order valence-electron chi connectivity index (χ0n) is 24.7. The van der Waals surface area contributed by atoms with Crippen molar-refractivity contribution in [1.29, 1.82) is 0 Å². The van der Waals surface area contributed by atoms with E-state index in [9.17, 15) is 9.59 Å². The van der Waals surface area contributed by atoms with Gasteiger partial charge >= 0.3 is 0 Å². The molecule has 0 bridgehead atoms. The van der Waals surface area contributed by atoms with Gasteiger partial charge in [0, 0.05) is 52.2 Å². The van der Waals surface area contributed by atoms with Gasteiger partial charge in [-0.2, -0.15) is 0 Å². The molecule has 236 valence electrons. The topological polar surface area (TPSA) is 130 Å². The molecule has 3 N–H and O–H groups in total. The number of carboxylic acids is 1. The van der Waals surface area contributed by atoms with Crippen LogP contribution in [0.25, 0.3) is 0 Å². The van der Waals surface area contributed by atoms with Crippen LogP contribution in [0.2, 0.25) is 0 Å². The van der Waals surface area contributed by atoms with E-state index >= 15 is 0 Å². The molecule has 43 heavy (non-hydrogen) atoms. The van der Waals surface area contributed by atoms with Crippen molar-refractivity contribution in [3.63, 3.8) is 0 Å². The number of piperidine rings is 2. The molecule has 3 aliphatic heterocycles. The van der Waals surface area contributed by atoms with Gasteiger partial charge in [-0.25, -0.2) is 0 Å². The Morgan fingerprint density at radius 1 is 0.930 bits per heavy atom. The van der Waals surface area contributed by atoms with E-state index < -0.39 is 17.6 Å². The Labute approximate surface area is 255 Å². The number of likely N-dealkylation sites (tertiary alicyclic amines) is 2. The first-order chi connectivity index (χ1) is 20.2. The smallest absolute Gasteiger partial charge is 0.300 e. The number of hydrogen-bond donors (Lipinski definition) is 3. The van der Waals surface area contributed by atoms with Gasteiger partial charge < -0.3 is 25.3 Å². The number of carbonyl (C=O) groups is 4. The third-order valence-electron chi connectivity index (χ3n) is 8.25. The zero-order valence-corrected chi connectivity index (χ0v) is 24.7. The number of hydrogen-bond acceptors (Lipinski definition) is 6. The Balaban J connectivity index is 0.000000734. The van der Waals surface area contributed by atoms with Crippen molar-refractivity contribution in [2.75, 3.05) is 32.7 Å². The summed E-state index contributed by atoms with van der Waals surface area (Å²) in [4.78, 5) is 51.3. The summed E-state index contributed by atoms with van der Waals surface area (Å²) < 4.78 is 0. The number of nitrogens with one attached hydrogen (secondary N) is 1. The van der Waals surface area contributed by atoms with Crippen LogP contribution in [-0.2, 0) is 32.1 Å². The van der Waals surface area contributed by atoms with E-state index in [1.54, 1.807) is 0 Å². The molecule has 0 aromatic heterocycles. The third-order valence-corrected chi connectivity index (χ3v) is 8.25. The van der Waals surface area contributed by atoms with Gasteiger partial charge in [-0.05, 0) is 50.2 Å². The monoisotopic (exact) mass is 596 g/mol. The van der Waals surface area contributed by atoms with Crippen molar-refractivity contribution in [2.24, 2.45) is 0 Å². The maximum atomic E-state index is 13.5. The van der Waals surface area contributed by atoms with E-state index in [0.717, 1.165) is 78.3 Å². The van der Waals surface area contributed by atoms with Crippen LogP contribution < -0.4 is 5.32 Å². The number of rotatable bonds is 6. The van der Waals surface area contributed by atoms with Crippen molar-refractivity contribution in [3.8, 4) is 0 Å². The lowest BCUT2D eigenvalue weighted by Crippen LogP contribution is -2.74. The Hall–Kier alpha value is -3.76. The van der Waals surface area contributed by atoms with Gasteiger partial charge in [-0.15, -0.1) is 0 Å². The molecule has 5 rings (SSSR count). The van der Waals surface area contributed by atoms with Crippen LogP contribution in [0.1, 0.15) is 58.1 Å². The van der Waals surface area contributed by atoms with Crippen LogP contribution in [0.5, 0.6) is 0 Å². The fourth-order valence-electron chi connectivity index (χ4n) is 6.17. The molecule has 10 heteroatoms. The Kier molecular flexibility index (Phi) is 14.3. The minimum absolute atomic E-state index is 0. The summed E-state index contributed by atoms with van der Waals surface area (Å²) >= 11 is 0. The summed E-state index contributed by atoms with van der Waals surface area (Å²) in [7, 11) is 0. The van der Waals surface area contributed by atoms with E-state index in [1.807, 2.05) is 11.8 Å². The molecule has 1 spiro atoms. The molecule has 0 saturated carbocycles. The molecule has 0 aliphatic carbocycles. The number of aliphatic carboxylic acids is 1. The highest BCUT2D eigenvalue weighted by Crippen LogP contribution is 2.37. The van der Waals surface area contributed by atoms with Gasteiger partial charge in [-0.3, -0.25) is 24.1 Å². The molecule has 1 atom stereocenters.